The average Bonchev–Trinajstić information content (AvgIpc) is 2.99. The second-order valence-corrected chi connectivity index (χ2v) is 4.78. The quantitative estimate of drug-likeness (QED) is 0.666. The lowest BCUT2D eigenvalue weighted by Crippen LogP contribution is -2.22. The van der Waals surface area contributed by atoms with Crippen LogP contribution in [0.15, 0.2) is 24.3 Å². The van der Waals surface area contributed by atoms with E-state index in [1.165, 1.54) is 16.4 Å². The number of hydrogen-bond donors (Lipinski definition) is 1. The smallest absolute Gasteiger partial charge is 0.119 e. The van der Waals surface area contributed by atoms with Crippen LogP contribution in [0, 0.1) is 3.57 Å². The van der Waals surface area contributed by atoms with E-state index >= 15 is 0 Å². The molecule has 1 aromatic rings. The third kappa shape index (κ3) is 3.46. The maximum atomic E-state index is 5.57. The fourth-order valence-corrected chi connectivity index (χ4v) is 1.61. The van der Waals surface area contributed by atoms with Crippen molar-refractivity contribution in [1.29, 1.82) is 0 Å². The van der Waals surface area contributed by atoms with Gasteiger partial charge >= 0.3 is 0 Å². The predicted octanol–water partition coefficient (Wildman–Crippen LogP) is 2.42. The van der Waals surface area contributed by atoms with Crippen LogP contribution in [0.3, 0.4) is 0 Å². The Morgan fingerprint density at radius 3 is 2.64 bits per heavy atom. The Kier molecular flexibility index (Phi) is 3.64. The molecule has 1 aromatic carbocycles. The first kappa shape index (κ1) is 10.2. The first-order valence-electron chi connectivity index (χ1n) is 4.96. The van der Waals surface area contributed by atoms with Crippen LogP contribution in [0.2, 0.25) is 0 Å². The van der Waals surface area contributed by atoms with Crippen molar-refractivity contribution in [3.63, 3.8) is 0 Å². The molecule has 0 aliphatic heterocycles. The lowest BCUT2D eigenvalue weighted by molar-refractivity contribution is 0.313. The molecule has 1 aliphatic rings. The molecule has 1 N–H and O–H groups in total. The second-order valence-electron chi connectivity index (χ2n) is 3.53. The highest BCUT2D eigenvalue weighted by atomic mass is 127. The molecule has 0 aromatic heterocycles. The van der Waals surface area contributed by atoms with E-state index in [1.54, 1.807) is 0 Å². The highest BCUT2D eigenvalue weighted by Gasteiger charge is 2.19. The molecule has 1 fully saturated rings. The lowest BCUT2D eigenvalue weighted by atomic mass is 10.3. The van der Waals surface area contributed by atoms with Crippen molar-refractivity contribution in [3.8, 4) is 5.75 Å². The van der Waals surface area contributed by atoms with E-state index < -0.39 is 0 Å². The minimum absolute atomic E-state index is 0.761. The molecule has 0 heterocycles. The van der Waals surface area contributed by atoms with E-state index in [0.29, 0.717) is 0 Å². The summed E-state index contributed by atoms with van der Waals surface area (Å²) in [6.45, 7) is 1.72. The number of halogens is 1. The monoisotopic (exact) mass is 303 g/mol. The summed E-state index contributed by atoms with van der Waals surface area (Å²) in [5, 5.41) is 3.41. The normalized spacial score (nSPS) is 15.5. The molecule has 1 saturated carbocycles. The van der Waals surface area contributed by atoms with E-state index in [-0.39, 0.29) is 0 Å². The van der Waals surface area contributed by atoms with Gasteiger partial charge in [-0.2, -0.15) is 0 Å². The third-order valence-corrected chi connectivity index (χ3v) is 2.91. The summed E-state index contributed by atoms with van der Waals surface area (Å²) in [6.07, 6.45) is 2.67. The van der Waals surface area contributed by atoms with E-state index in [4.69, 9.17) is 4.74 Å². The van der Waals surface area contributed by atoms with Crippen LogP contribution in [-0.2, 0) is 0 Å². The Balaban J connectivity index is 1.66. The van der Waals surface area contributed by atoms with Gasteiger partial charge in [-0.05, 0) is 59.7 Å². The van der Waals surface area contributed by atoms with Crippen molar-refractivity contribution in [3.05, 3.63) is 27.8 Å². The largest absolute Gasteiger partial charge is 0.492 e. The predicted molar refractivity (Wildman–Crippen MR) is 65.7 cm³/mol. The number of ether oxygens (including phenoxy) is 1. The Hall–Kier alpha value is -0.290. The fourth-order valence-electron chi connectivity index (χ4n) is 1.25. The van der Waals surface area contributed by atoms with Gasteiger partial charge in [0, 0.05) is 16.2 Å². The maximum absolute atomic E-state index is 5.57. The van der Waals surface area contributed by atoms with Gasteiger partial charge in [-0.3, -0.25) is 0 Å². The van der Waals surface area contributed by atoms with Gasteiger partial charge in [0.15, 0.2) is 0 Å². The number of rotatable bonds is 5. The molecule has 0 unspecified atom stereocenters. The number of hydrogen-bond acceptors (Lipinski definition) is 2. The molecule has 0 radical (unpaired) electrons. The zero-order chi connectivity index (χ0) is 9.80. The van der Waals surface area contributed by atoms with Gasteiger partial charge in [-0.15, -0.1) is 0 Å². The van der Waals surface area contributed by atoms with Gasteiger partial charge in [0.2, 0.25) is 0 Å². The van der Waals surface area contributed by atoms with Crippen LogP contribution < -0.4 is 10.1 Å². The van der Waals surface area contributed by atoms with Gasteiger partial charge in [-0.25, -0.2) is 0 Å². The molecule has 0 atom stereocenters. The van der Waals surface area contributed by atoms with Crippen molar-refractivity contribution in [1.82, 2.24) is 5.32 Å². The Labute approximate surface area is 98.2 Å². The SMILES string of the molecule is Ic1ccc(OCCNC2CC2)cc1. The zero-order valence-electron chi connectivity index (χ0n) is 8.00. The van der Waals surface area contributed by atoms with Gasteiger partial charge in [-0.1, -0.05) is 0 Å². The molecule has 3 heteroatoms. The average molecular weight is 303 g/mol. The standard InChI is InChI=1S/C11H14INO/c12-9-1-5-11(6-2-9)14-8-7-13-10-3-4-10/h1-2,5-6,10,13H,3-4,7-8H2. The third-order valence-electron chi connectivity index (χ3n) is 2.19. The Bertz CT molecular complexity index is 282. The van der Waals surface area contributed by atoms with Crippen molar-refractivity contribution in [2.45, 2.75) is 18.9 Å². The summed E-state index contributed by atoms with van der Waals surface area (Å²) in [4.78, 5) is 0. The van der Waals surface area contributed by atoms with E-state index in [0.717, 1.165) is 24.9 Å². The van der Waals surface area contributed by atoms with Crippen molar-refractivity contribution in [2.75, 3.05) is 13.2 Å². The van der Waals surface area contributed by atoms with Gasteiger partial charge in [0.25, 0.3) is 0 Å². The topological polar surface area (TPSA) is 21.3 Å². The molecule has 0 bridgehead atoms. The van der Waals surface area contributed by atoms with Crippen molar-refractivity contribution >= 4 is 22.6 Å². The summed E-state index contributed by atoms with van der Waals surface area (Å²) in [6, 6.07) is 8.92. The number of benzene rings is 1. The second kappa shape index (κ2) is 4.98. The highest BCUT2D eigenvalue weighted by Crippen LogP contribution is 2.18. The van der Waals surface area contributed by atoms with Crippen molar-refractivity contribution < 1.29 is 4.74 Å². The van der Waals surface area contributed by atoms with E-state index in [9.17, 15) is 0 Å². The van der Waals surface area contributed by atoms with Gasteiger partial charge in [0.05, 0.1) is 0 Å². The van der Waals surface area contributed by atoms with Gasteiger partial charge in [0.1, 0.15) is 12.4 Å². The molecule has 76 valence electrons. The highest BCUT2D eigenvalue weighted by molar-refractivity contribution is 14.1. The van der Waals surface area contributed by atoms with E-state index in [2.05, 4.69) is 40.0 Å². The fraction of sp³-hybridized carbons (Fsp3) is 0.455. The molecule has 1 aliphatic carbocycles. The summed E-state index contributed by atoms with van der Waals surface area (Å²) in [5.41, 5.74) is 0. The molecule has 2 rings (SSSR count). The molecule has 0 spiro atoms. The Morgan fingerprint density at radius 1 is 1.29 bits per heavy atom. The first-order valence-corrected chi connectivity index (χ1v) is 6.04. The molecular formula is C11H14INO. The first-order chi connectivity index (χ1) is 6.84. The van der Waals surface area contributed by atoms with Crippen LogP contribution in [0.4, 0.5) is 0 Å². The summed E-state index contributed by atoms with van der Waals surface area (Å²) >= 11 is 2.29. The summed E-state index contributed by atoms with van der Waals surface area (Å²) in [5.74, 6) is 0.961. The summed E-state index contributed by atoms with van der Waals surface area (Å²) in [7, 11) is 0. The Morgan fingerprint density at radius 2 is 2.00 bits per heavy atom. The van der Waals surface area contributed by atoms with Crippen LogP contribution in [0.25, 0.3) is 0 Å². The molecular weight excluding hydrogens is 289 g/mol. The molecule has 0 amide bonds. The van der Waals surface area contributed by atoms with E-state index in [1.807, 2.05) is 12.1 Å². The molecule has 2 nitrogen and oxygen atoms in total. The van der Waals surface area contributed by atoms with Crippen LogP contribution in [0.5, 0.6) is 5.75 Å². The zero-order valence-corrected chi connectivity index (χ0v) is 10.2. The molecule has 0 saturated heterocycles. The maximum Gasteiger partial charge on any atom is 0.119 e. The van der Waals surface area contributed by atoms with Crippen LogP contribution in [-0.4, -0.2) is 19.2 Å². The van der Waals surface area contributed by atoms with Gasteiger partial charge < -0.3 is 10.1 Å². The van der Waals surface area contributed by atoms with Crippen molar-refractivity contribution in [2.24, 2.45) is 0 Å². The minimum Gasteiger partial charge on any atom is -0.492 e. The lowest BCUT2D eigenvalue weighted by Gasteiger charge is -2.06. The van der Waals surface area contributed by atoms with Crippen LogP contribution in [0.1, 0.15) is 12.8 Å². The molecule has 14 heavy (non-hydrogen) atoms. The number of nitrogens with one attached hydrogen (secondary N) is 1. The van der Waals surface area contributed by atoms with Crippen LogP contribution >= 0.6 is 22.6 Å². The summed E-state index contributed by atoms with van der Waals surface area (Å²) < 4.78 is 6.82. The minimum atomic E-state index is 0.761.